The molecule has 0 atom stereocenters. The van der Waals surface area contributed by atoms with E-state index in [0.717, 1.165) is 35.7 Å². The Morgan fingerprint density at radius 2 is 1.08 bits per heavy atom. The first kappa shape index (κ1) is 43.8. The summed E-state index contributed by atoms with van der Waals surface area (Å²) in [6.45, 7) is 3.24. The van der Waals surface area contributed by atoms with Gasteiger partial charge in [-0.05, 0) is 75.7 Å². The van der Waals surface area contributed by atoms with Gasteiger partial charge in [-0.3, -0.25) is 14.2 Å². The summed E-state index contributed by atoms with van der Waals surface area (Å²) in [4.78, 5) is 12.7. The van der Waals surface area contributed by atoms with Gasteiger partial charge in [0.1, 0.15) is 11.5 Å². The Bertz CT molecular complexity index is 1830. The maximum absolute atomic E-state index is 13.5. The highest BCUT2D eigenvalue weighted by Gasteiger charge is 2.28. The van der Waals surface area contributed by atoms with E-state index in [2.05, 4.69) is 10.2 Å². The molecule has 0 unspecified atom stereocenters. The van der Waals surface area contributed by atoms with Gasteiger partial charge < -0.3 is 19.3 Å². The van der Waals surface area contributed by atoms with E-state index in [1.807, 2.05) is 86.5 Å². The summed E-state index contributed by atoms with van der Waals surface area (Å²) < 4.78 is 95.1. The number of primary sulfonamides is 1. The molecule has 15 nitrogen and oxygen atoms in total. The third-order valence-corrected chi connectivity index (χ3v) is 9.34. The molecule has 0 amide bonds. The number of carbonyl (C=O) groups excluding carboxylic acids is 1. The number of carbonyl (C=O) groups is 1. The van der Waals surface area contributed by atoms with Crippen molar-refractivity contribution in [1.82, 2.24) is 33.7 Å². The molecule has 4 rings (SSSR count). The third-order valence-electron chi connectivity index (χ3n) is 6.85. The van der Waals surface area contributed by atoms with Crippen molar-refractivity contribution in [1.29, 1.82) is 0 Å². The highest BCUT2D eigenvalue weighted by atomic mass is 32.2. The minimum atomic E-state index is -4.64. The number of rotatable bonds is 15. The lowest BCUT2D eigenvalue weighted by Gasteiger charge is -2.21. The number of sulfonamides is 2. The van der Waals surface area contributed by atoms with Gasteiger partial charge in [-0.1, -0.05) is 24.3 Å². The number of halogens is 3. The van der Waals surface area contributed by atoms with Crippen LogP contribution in [0.25, 0.3) is 0 Å². The molecule has 0 radical (unpaired) electrons. The van der Waals surface area contributed by atoms with Crippen LogP contribution in [-0.4, -0.2) is 118 Å². The second-order valence-electron chi connectivity index (χ2n) is 11.6. The second kappa shape index (κ2) is 20.0. The van der Waals surface area contributed by atoms with Crippen LogP contribution < -0.4 is 14.6 Å². The quantitative estimate of drug-likeness (QED) is 0.176. The number of nitrogens with zero attached hydrogens (tertiary/aromatic N) is 7. The number of hydrogen-bond donors (Lipinski definition) is 1. The zero-order valence-electron chi connectivity index (χ0n) is 29.8. The van der Waals surface area contributed by atoms with Gasteiger partial charge in [-0.2, -0.15) is 27.7 Å². The van der Waals surface area contributed by atoms with E-state index in [-0.39, 0.29) is 23.1 Å². The molecule has 2 aromatic heterocycles. The van der Waals surface area contributed by atoms with Crippen molar-refractivity contribution >= 4 is 26.3 Å². The minimum Gasteiger partial charge on any atom is -0.497 e. The molecule has 0 spiro atoms. The number of ether oxygens (including phenoxy) is 2. The van der Waals surface area contributed by atoms with Crippen molar-refractivity contribution < 1.29 is 44.3 Å². The summed E-state index contributed by atoms with van der Waals surface area (Å²) in [6.07, 6.45) is -2.40. The molecule has 0 aliphatic carbocycles. The number of aldehydes is 1. The van der Waals surface area contributed by atoms with Crippen LogP contribution in [0.1, 0.15) is 11.1 Å². The Morgan fingerprint density at radius 1 is 0.712 bits per heavy atom. The van der Waals surface area contributed by atoms with E-state index in [0.29, 0.717) is 13.1 Å². The largest absolute Gasteiger partial charge is 0.497 e. The number of likely N-dealkylation sites (N-methyl/N-ethyl adjacent to an activating group) is 2. The van der Waals surface area contributed by atoms with Crippen LogP contribution in [0.3, 0.4) is 0 Å². The molecule has 2 aromatic carbocycles. The number of methoxy groups -OCH3 is 2. The van der Waals surface area contributed by atoms with Crippen LogP contribution in [-0.2, 0) is 51.0 Å². The normalized spacial score (nSPS) is 11.9. The van der Waals surface area contributed by atoms with Gasteiger partial charge in [0.2, 0.25) is 6.29 Å². The molecule has 0 saturated heterocycles. The topological polar surface area (TPSA) is 175 Å². The third kappa shape index (κ3) is 15.5. The maximum atomic E-state index is 13.5. The second-order valence-corrected chi connectivity index (χ2v) is 15.0. The molecule has 4 aromatic rings. The lowest BCUT2D eigenvalue weighted by Crippen LogP contribution is -2.31. The molecule has 0 aliphatic rings. The van der Waals surface area contributed by atoms with Crippen LogP contribution in [0.2, 0.25) is 0 Å². The molecule has 52 heavy (non-hydrogen) atoms. The maximum Gasteiger partial charge on any atom is 0.446 e. The number of alkyl halides is 3. The molecule has 0 bridgehead atoms. The minimum absolute atomic E-state index is 0.0401. The molecule has 0 aliphatic heterocycles. The Balaban J connectivity index is 0.000000385. The first-order chi connectivity index (χ1) is 24.3. The van der Waals surface area contributed by atoms with E-state index in [1.54, 1.807) is 42.0 Å². The smallest absolute Gasteiger partial charge is 0.446 e. The van der Waals surface area contributed by atoms with E-state index < -0.39 is 32.5 Å². The molecular formula is C32H45F3N8O7S2. The fourth-order valence-corrected chi connectivity index (χ4v) is 5.87. The van der Waals surface area contributed by atoms with Gasteiger partial charge in [0.25, 0.3) is 20.0 Å². The fourth-order valence-electron chi connectivity index (χ4n) is 4.06. The predicted octanol–water partition coefficient (Wildman–Crippen LogP) is 2.69. The molecular weight excluding hydrogens is 730 g/mol. The summed E-state index contributed by atoms with van der Waals surface area (Å²) in [5, 5.41) is 13.0. The summed E-state index contributed by atoms with van der Waals surface area (Å²) in [5.41, 5.74) is 1.71. The SMILES string of the molecule is CN(C)CCn1ccc(S(N)(=O)=O)n1.COc1ccc(CN(Cc2ccc(OC)cc2)S(=O)(=O)c2ccn(CCN(C)C)n2)cc1.O=CC(F)(F)F. The average Bonchev–Trinajstić information content (AvgIpc) is 3.78. The van der Waals surface area contributed by atoms with Gasteiger partial charge in [0.05, 0.1) is 27.3 Å². The van der Waals surface area contributed by atoms with E-state index in [9.17, 15) is 30.0 Å². The Morgan fingerprint density at radius 3 is 1.38 bits per heavy atom. The first-order valence-electron chi connectivity index (χ1n) is 15.5. The van der Waals surface area contributed by atoms with Crippen molar-refractivity contribution in [2.24, 2.45) is 5.14 Å². The summed E-state index contributed by atoms with van der Waals surface area (Å²) >= 11 is 0. The number of nitrogens with two attached hydrogens (primary N) is 1. The monoisotopic (exact) mass is 774 g/mol. The van der Waals surface area contributed by atoms with E-state index in [1.165, 1.54) is 10.4 Å². The van der Waals surface area contributed by atoms with Crippen molar-refractivity contribution in [3.8, 4) is 11.5 Å². The molecule has 2 heterocycles. The summed E-state index contributed by atoms with van der Waals surface area (Å²) in [6, 6.07) is 17.7. The van der Waals surface area contributed by atoms with Crippen LogP contribution in [0.15, 0.2) is 83.1 Å². The highest BCUT2D eigenvalue weighted by molar-refractivity contribution is 7.89. The van der Waals surface area contributed by atoms with Gasteiger partial charge in [-0.15, -0.1) is 0 Å². The standard InChI is InChI=1S/C23H30N4O4S.C7H14N4O2S.C2HF3O/c1-25(2)15-16-26-14-13-23(24-26)32(28,29)27(17-19-5-9-21(30-3)10-6-19)18-20-7-11-22(31-4)12-8-20;1-10(2)5-6-11-4-3-7(9-11)14(8,12)13;3-2(4,5)1-6/h5-14H,15-18H2,1-4H3;3-4H,5-6H2,1-2H3,(H2,8,12,13);1H. The lowest BCUT2D eigenvalue weighted by molar-refractivity contribution is -0.156. The van der Waals surface area contributed by atoms with Gasteiger partial charge >= 0.3 is 6.18 Å². The van der Waals surface area contributed by atoms with Crippen LogP contribution >= 0.6 is 0 Å². The summed E-state index contributed by atoms with van der Waals surface area (Å²) in [7, 11) is 3.51. The van der Waals surface area contributed by atoms with Crippen LogP contribution in [0, 0.1) is 0 Å². The van der Waals surface area contributed by atoms with Crippen LogP contribution in [0.4, 0.5) is 13.2 Å². The van der Waals surface area contributed by atoms with Gasteiger partial charge in [0.15, 0.2) is 10.1 Å². The van der Waals surface area contributed by atoms with E-state index >= 15 is 0 Å². The molecule has 0 fully saturated rings. The van der Waals surface area contributed by atoms with Gasteiger partial charge in [0, 0.05) is 38.6 Å². The van der Waals surface area contributed by atoms with Crippen molar-refractivity contribution in [3.63, 3.8) is 0 Å². The molecule has 0 saturated carbocycles. The van der Waals surface area contributed by atoms with Crippen molar-refractivity contribution in [2.75, 3.05) is 55.5 Å². The number of hydrogen-bond acceptors (Lipinski definition) is 11. The molecule has 2 N–H and O–H groups in total. The Labute approximate surface area is 302 Å². The Hall–Kier alpha value is -4.34. The highest BCUT2D eigenvalue weighted by Crippen LogP contribution is 2.22. The van der Waals surface area contributed by atoms with E-state index in [4.69, 9.17) is 19.4 Å². The molecule has 20 heteroatoms. The fraction of sp³-hybridized carbons (Fsp3) is 0.406. The Kier molecular flexibility index (Phi) is 16.9. The van der Waals surface area contributed by atoms with Crippen LogP contribution in [0.5, 0.6) is 11.5 Å². The number of aromatic nitrogens is 4. The van der Waals surface area contributed by atoms with Gasteiger partial charge in [-0.25, -0.2) is 22.0 Å². The number of benzene rings is 2. The zero-order chi connectivity index (χ0) is 39.1. The first-order valence-corrected chi connectivity index (χ1v) is 18.4. The molecule has 288 valence electrons. The zero-order valence-corrected chi connectivity index (χ0v) is 31.4. The van der Waals surface area contributed by atoms with Crippen molar-refractivity contribution in [2.45, 2.75) is 42.4 Å². The predicted molar refractivity (Wildman–Crippen MR) is 187 cm³/mol. The lowest BCUT2D eigenvalue weighted by atomic mass is 10.2. The summed E-state index contributed by atoms with van der Waals surface area (Å²) in [5.74, 6) is 1.44. The van der Waals surface area contributed by atoms with Crippen molar-refractivity contribution in [3.05, 3.63) is 84.2 Å². The average molecular weight is 775 g/mol.